The second-order valence-electron chi connectivity index (χ2n) is 7.39. The molecule has 1 saturated heterocycles. The van der Waals surface area contributed by atoms with Crippen LogP contribution >= 0.6 is 11.3 Å². The molecule has 1 N–H and O–H groups in total. The zero-order valence-electron chi connectivity index (χ0n) is 16.2. The second kappa shape index (κ2) is 7.27. The van der Waals surface area contributed by atoms with Gasteiger partial charge in [0.05, 0.1) is 36.1 Å². The number of aromatic nitrogens is 3. The van der Waals surface area contributed by atoms with Gasteiger partial charge in [-0.15, -0.1) is 11.3 Å². The Morgan fingerprint density at radius 1 is 1.31 bits per heavy atom. The monoisotopic (exact) mass is 410 g/mol. The van der Waals surface area contributed by atoms with Gasteiger partial charge in [0.15, 0.2) is 0 Å². The van der Waals surface area contributed by atoms with Crippen LogP contribution in [0.3, 0.4) is 0 Å². The largest absolute Gasteiger partial charge is 0.495 e. The van der Waals surface area contributed by atoms with Crippen molar-refractivity contribution in [1.29, 1.82) is 0 Å². The maximum Gasteiger partial charge on any atom is 0.271 e. The van der Waals surface area contributed by atoms with Crippen LogP contribution < -0.4 is 4.74 Å². The molecule has 1 fully saturated rings. The van der Waals surface area contributed by atoms with Crippen molar-refractivity contribution in [1.82, 2.24) is 20.1 Å². The fraction of sp³-hybridized carbons (Fsp3) is 0.381. The number of pyridine rings is 1. The van der Waals surface area contributed by atoms with Gasteiger partial charge in [-0.05, 0) is 42.7 Å². The number of fused-ring (bicyclic) bond motifs is 2. The number of methoxy groups -OCH3 is 1. The molecule has 29 heavy (non-hydrogen) atoms. The minimum Gasteiger partial charge on any atom is -0.495 e. The van der Waals surface area contributed by atoms with Crippen molar-refractivity contribution in [3.63, 3.8) is 0 Å². The number of thiophene rings is 1. The maximum absolute atomic E-state index is 12.6. The first-order chi connectivity index (χ1) is 14.2. The Labute approximate surface area is 172 Å². The van der Waals surface area contributed by atoms with E-state index < -0.39 is 0 Å². The first kappa shape index (κ1) is 18.3. The Kier molecular flexibility index (Phi) is 4.60. The summed E-state index contributed by atoms with van der Waals surface area (Å²) >= 11 is 1.80. The van der Waals surface area contributed by atoms with E-state index in [1.165, 1.54) is 10.4 Å². The summed E-state index contributed by atoms with van der Waals surface area (Å²) < 4.78 is 11.6. The molecule has 3 aromatic heterocycles. The Hall–Kier alpha value is -2.71. The number of nitrogens with zero attached hydrogens (tertiary/aromatic N) is 3. The lowest BCUT2D eigenvalue weighted by molar-refractivity contribution is -0.0926. The van der Waals surface area contributed by atoms with E-state index in [-0.39, 0.29) is 11.5 Å². The highest BCUT2D eigenvalue weighted by molar-refractivity contribution is 7.15. The van der Waals surface area contributed by atoms with Crippen LogP contribution in [0.2, 0.25) is 0 Å². The Balaban J connectivity index is 1.38. The SMILES string of the molecule is COc1ccc(-c2cc3c(s2)CCOC32CCN(C(=O)c3ccn[nH]3)CC2)nc1. The molecule has 3 aromatic rings. The number of aromatic amines is 1. The minimum absolute atomic E-state index is 0.00169. The molecule has 0 atom stereocenters. The lowest BCUT2D eigenvalue weighted by Crippen LogP contribution is -2.48. The molecule has 2 aliphatic heterocycles. The fourth-order valence-corrected chi connectivity index (χ4v) is 5.43. The van der Waals surface area contributed by atoms with Crippen LogP contribution in [0.1, 0.15) is 33.8 Å². The van der Waals surface area contributed by atoms with Crippen molar-refractivity contribution >= 4 is 17.2 Å². The normalized spacial score (nSPS) is 17.9. The van der Waals surface area contributed by atoms with E-state index in [1.54, 1.807) is 36.9 Å². The molecule has 7 nitrogen and oxygen atoms in total. The number of amides is 1. The summed E-state index contributed by atoms with van der Waals surface area (Å²) in [6.07, 6.45) is 5.88. The predicted molar refractivity (Wildman–Crippen MR) is 109 cm³/mol. The summed E-state index contributed by atoms with van der Waals surface area (Å²) in [5, 5.41) is 6.65. The van der Waals surface area contributed by atoms with Gasteiger partial charge in [0.2, 0.25) is 0 Å². The Bertz CT molecular complexity index is 1010. The maximum atomic E-state index is 12.6. The molecule has 5 heterocycles. The van der Waals surface area contributed by atoms with Gasteiger partial charge in [0.25, 0.3) is 5.91 Å². The molecule has 150 valence electrons. The lowest BCUT2D eigenvalue weighted by Gasteiger charge is -2.44. The summed E-state index contributed by atoms with van der Waals surface area (Å²) in [7, 11) is 1.64. The molecule has 0 aliphatic carbocycles. The van der Waals surface area contributed by atoms with E-state index in [0.717, 1.165) is 42.2 Å². The quantitative estimate of drug-likeness (QED) is 0.717. The number of hydrogen-bond acceptors (Lipinski definition) is 6. The van der Waals surface area contributed by atoms with Crippen LogP contribution in [0, 0.1) is 0 Å². The van der Waals surface area contributed by atoms with Gasteiger partial charge in [-0.2, -0.15) is 5.10 Å². The molecule has 8 heteroatoms. The summed E-state index contributed by atoms with van der Waals surface area (Å²) in [5.41, 5.74) is 2.45. The number of rotatable bonds is 3. The number of H-pyrrole nitrogens is 1. The number of carbonyl (C=O) groups is 1. The second-order valence-corrected chi connectivity index (χ2v) is 8.52. The molecule has 0 saturated carbocycles. The highest BCUT2D eigenvalue weighted by atomic mass is 32.1. The van der Waals surface area contributed by atoms with Crippen LogP contribution in [-0.4, -0.2) is 52.8 Å². The standard InChI is InChI=1S/C21H22N4O3S/c1-27-14-2-3-16(22-13-14)19-12-15-18(29-19)5-11-28-21(15)6-9-25(10-7-21)20(26)17-4-8-23-24-17/h2-4,8,12-13H,5-7,9-11H2,1H3,(H,23,24). The van der Waals surface area contributed by atoms with Crippen molar-refractivity contribution in [3.8, 4) is 16.3 Å². The highest BCUT2D eigenvalue weighted by Crippen LogP contribution is 2.46. The first-order valence-electron chi connectivity index (χ1n) is 9.75. The van der Waals surface area contributed by atoms with E-state index in [4.69, 9.17) is 9.47 Å². The zero-order valence-corrected chi connectivity index (χ0v) is 17.0. The summed E-state index contributed by atoms with van der Waals surface area (Å²) in [6.45, 7) is 2.06. The van der Waals surface area contributed by atoms with Crippen LogP contribution in [0.5, 0.6) is 5.75 Å². The van der Waals surface area contributed by atoms with E-state index in [1.807, 2.05) is 17.0 Å². The van der Waals surface area contributed by atoms with Gasteiger partial charge in [0.1, 0.15) is 11.4 Å². The van der Waals surface area contributed by atoms with E-state index in [2.05, 4.69) is 21.2 Å². The molecule has 0 aromatic carbocycles. The van der Waals surface area contributed by atoms with Gasteiger partial charge in [-0.1, -0.05) is 0 Å². The van der Waals surface area contributed by atoms with E-state index >= 15 is 0 Å². The number of ether oxygens (including phenoxy) is 2. The van der Waals surface area contributed by atoms with E-state index in [9.17, 15) is 4.79 Å². The van der Waals surface area contributed by atoms with Crippen LogP contribution in [0.4, 0.5) is 0 Å². The third-order valence-corrected chi connectivity index (χ3v) is 7.04. The van der Waals surface area contributed by atoms with Gasteiger partial charge >= 0.3 is 0 Å². The molecule has 5 rings (SSSR count). The van der Waals surface area contributed by atoms with Gasteiger partial charge < -0.3 is 14.4 Å². The number of nitrogens with one attached hydrogen (secondary N) is 1. The van der Waals surface area contributed by atoms with Crippen LogP contribution in [-0.2, 0) is 16.8 Å². The fourth-order valence-electron chi connectivity index (χ4n) is 4.22. The van der Waals surface area contributed by atoms with Crippen molar-refractivity contribution < 1.29 is 14.3 Å². The van der Waals surface area contributed by atoms with Crippen molar-refractivity contribution in [3.05, 3.63) is 52.8 Å². The average Bonchev–Trinajstić information content (AvgIpc) is 3.45. The number of likely N-dealkylation sites (tertiary alicyclic amines) is 1. The lowest BCUT2D eigenvalue weighted by atomic mass is 9.82. The molecule has 0 unspecified atom stereocenters. The van der Waals surface area contributed by atoms with Crippen molar-refractivity contribution in [2.45, 2.75) is 24.9 Å². The van der Waals surface area contributed by atoms with Crippen molar-refractivity contribution in [2.24, 2.45) is 0 Å². The topological polar surface area (TPSA) is 80.3 Å². The predicted octanol–water partition coefficient (Wildman–Crippen LogP) is 3.25. The summed E-state index contributed by atoms with van der Waals surface area (Å²) in [4.78, 5) is 21.6. The molecule has 1 spiro atoms. The highest BCUT2D eigenvalue weighted by Gasteiger charge is 2.43. The third-order valence-electron chi connectivity index (χ3n) is 5.82. The third kappa shape index (κ3) is 3.22. The van der Waals surface area contributed by atoms with Gasteiger partial charge in [-0.25, -0.2) is 0 Å². The number of hydrogen-bond donors (Lipinski definition) is 1. The number of carbonyl (C=O) groups excluding carboxylic acids is 1. The zero-order chi connectivity index (χ0) is 19.8. The molecule has 2 aliphatic rings. The summed E-state index contributed by atoms with van der Waals surface area (Å²) in [5.74, 6) is 0.756. The Morgan fingerprint density at radius 2 is 2.17 bits per heavy atom. The molecule has 0 bridgehead atoms. The van der Waals surface area contributed by atoms with Crippen molar-refractivity contribution in [2.75, 3.05) is 26.8 Å². The molecular formula is C21H22N4O3S. The average molecular weight is 410 g/mol. The number of piperidine rings is 1. The smallest absolute Gasteiger partial charge is 0.271 e. The molecule has 0 radical (unpaired) electrons. The minimum atomic E-state index is -0.306. The van der Waals surface area contributed by atoms with Gasteiger partial charge in [0, 0.05) is 30.6 Å². The van der Waals surface area contributed by atoms with Crippen LogP contribution in [0.15, 0.2) is 36.7 Å². The molecule has 1 amide bonds. The van der Waals surface area contributed by atoms with Crippen LogP contribution in [0.25, 0.3) is 10.6 Å². The first-order valence-corrected chi connectivity index (χ1v) is 10.6. The molecular weight excluding hydrogens is 388 g/mol. The Morgan fingerprint density at radius 3 is 2.86 bits per heavy atom. The summed E-state index contributed by atoms with van der Waals surface area (Å²) in [6, 6.07) is 7.89. The van der Waals surface area contributed by atoms with Gasteiger partial charge in [-0.3, -0.25) is 14.9 Å². The van der Waals surface area contributed by atoms with E-state index in [0.29, 0.717) is 18.8 Å².